The first-order chi connectivity index (χ1) is 13.9. The number of sulfonamides is 1. The molecule has 6 heteroatoms. The summed E-state index contributed by atoms with van der Waals surface area (Å²) in [6.45, 7) is 4.81. The molecule has 1 aliphatic heterocycles. The highest BCUT2D eigenvalue weighted by molar-refractivity contribution is 7.88. The van der Waals surface area contributed by atoms with E-state index in [9.17, 15) is 13.2 Å². The van der Waals surface area contributed by atoms with Gasteiger partial charge in [-0.05, 0) is 37.3 Å². The summed E-state index contributed by atoms with van der Waals surface area (Å²) < 4.78 is 27.1. The molecule has 0 aliphatic carbocycles. The van der Waals surface area contributed by atoms with Gasteiger partial charge in [-0.15, -0.1) is 0 Å². The summed E-state index contributed by atoms with van der Waals surface area (Å²) in [5.41, 5.74) is 2.96. The lowest BCUT2D eigenvalue weighted by Crippen LogP contribution is -2.44. The molecule has 29 heavy (non-hydrogen) atoms. The molecule has 1 saturated heterocycles. The molecule has 0 aromatic heterocycles. The van der Waals surface area contributed by atoms with Gasteiger partial charge in [0.25, 0.3) is 0 Å². The van der Waals surface area contributed by atoms with Crippen molar-refractivity contribution in [3.8, 4) is 0 Å². The van der Waals surface area contributed by atoms with Gasteiger partial charge in [0, 0.05) is 19.0 Å². The molecule has 0 saturated carbocycles. The van der Waals surface area contributed by atoms with Crippen molar-refractivity contribution >= 4 is 15.9 Å². The van der Waals surface area contributed by atoms with E-state index in [2.05, 4.69) is 12.2 Å². The van der Waals surface area contributed by atoms with Crippen LogP contribution in [0.15, 0.2) is 54.6 Å². The van der Waals surface area contributed by atoms with Gasteiger partial charge in [0.15, 0.2) is 0 Å². The Morgan fingerprint density at radius 3 is 2.41 bits per heavy atom. The van der Waals surface area contributed by atoms with Crippen LogP contribution in [-0.2, 0) is 20.6 Å². The van der Waals surface area contributed by atoms with Gasteiger partial charge in [-0.2, -0.15) is 0 Å². The van der Waals surface area contributed by atoms with Crippen molar-refractivity contribution in [1.29, 1.82) is 0 Å². The van der Waals surface area contributed by atoms with Crippen molar-refractivity contribution in [2.45, 2.75) is 44.9 Å². The van der Waals surface area contributed by atoms with Crippen molar-refractivity contribution in [3.63, 3.8) is 0 Å². The molecule has 5 nitrogen and oxygen atoms in total. The lowest BCUT2D eigenvalue weighted by atomic mass is 9.96. The van der Waals surface area contributed by atoms with Crippen LogP contribution in [0.5, 0.6) is 0 Å². The number of rotatable bonds is 7. The molecule has 2 aromatic rings. The van der Waals surface area contributed by atoms with Gasteiger partial charge in [-0.3, -0.25) is 4.79 Å². The molecule has 1 aliphatic rings. The molecule has 1 heterocycles. The maximum atomic E-state index is 12.8. The average molecular weight is 415 g/mol. The maximum Gasteiger partial charge on any atom is 0.223 e. The van der Waals surface area contributed by atoms with Gasteiger partial charge in [0.05, 0.1) is 11.8 Å². The minimum absolute atomic E-state index is 0.00761. The van der Waals surface area contributed by atoms with Gasteiger partial charge in [-0.1, -0.05) is 67.1 Å². The normalized spacial score (nSPS) is 17.0. The number of carbonyl (C=O) groups excluding carboxylic acids is 1. The first kappa shape index (κ1) is 21.5. The molecule has 1 N–H and O–H groups in total. The second kappa shape index (κ2) is 9.55. The zero-order valence-electron chi connectivity index (χ0n) is 17.2. The van der Waals surface area contributed by atoms with Crippen molar-refractivity contribution in [2.24, 2.45) is 5.92 Å². The topological polar surface area (TPSA) is 66.5 Å². The summed E-state index contributed by atoms with van der Waals surface area (Å²) >= 11 is 0. The Morgan fingerprint density at radius 1 is 1.10 bits per heavy atom. The zero-order chi connectivity index (χ0) is 20.9. The van der Waals surface area contributed by atoms with Gasteiger partial charge in [-0.25, -0.2) is 12.7 Å². The lowest BCUT2D eigenvalue weighted by Gasteiger charge is -2.31. The number of aryl methyl sites for hydroxylation is 1. The first-order valence-corrected chi connectivity index (χ1v) is 11.9. The van der Waals surface area contributed by atoms with E-state index < -0.39 is 10.0 Å². The van der Waals surface area contributed by atoms with Crippen molar-refractivity contribution < 1.29 is 13.2 Å². The molecule has 0 bridgehead atoms. The van der Waals surface area contributed by atoms with Crippen LogP contribution >= 0.6 is 0 Å². The molecule has 0 spiro atoms. The smallest absolute Gasteiger partial charge is 0.223 e. The highest BCUT2D eigenvalue weighted by Gasteiger charge is 2.31. The van der Waals surface area contributed by atoms with Crippen molar-refractivity contribution in [2.75, 3.05) is 13.1 Å². The molecule has 1 amide bonds. The monoisotopic (exact) mass is 414 g/mol. The Kier molecular flexibility index (Phi) is 7.09. The summed E-state index contributed by atoms with van der Waals surface area (Å²) in [6.07, 6.45) is 1.94. The van der Waals surface area contributed by atoms with Crippen molar-refractivity contribution in [1.82, 2.24) is 9.62 Å². The maximum absolute atomic E-state index is 12.8. The first-order valence-electron chi connectivity index (χ1n) is 10.3. The van der Waals surface area contributed by atoms with E-state index in [1.165, 1.54) is 4.31 Å². The molecule has 156 valence electrons. The second-order valence-corrected chi connectivity index (χ2v) is 9.77. The minimum atomic E-state index is -3.37. The van der Waals surface area contributed by atoms with E-state index in [4.69, 9.17) is 0 Å². The number of amides is 1. The molecular formula is C23H30N2O3S. The number of piperidine rings is 1. The molecule has 2 aromatic carbocycles. The molecule has 3 rings (SSSR count). The number of carbonyl (C=O) groups is 1. The van der Waals surface area contributed by atoms with E-state index in [-0.39, 0.29) is 23.6 Å². The largest absolute Gasteiger partial charge is 0.349 e. The van der Waals surface area contributed by atoms with E-state index in [0.29, 0.717) is 25.9 Å². The second-order valence-electron chi connectivity index (χ2n) is 7.80. The lowest BCUT2D eigenvalue weighted by molar-refractivity contribution is -0.126. The Balaban J connectivity index is 1.56. The predicted octanol–water partition coefficient (Wildman–Crippen LogP) is 3.80. The van der Waals surface area contributed by atoms with Gasteiger partial charge >= 0.3 is 0 Å². The van der Waals surface area contributed by atoms with E-state index in [1.807, 2.05) is 61.5 Å². The Bertz CT molecular complexity index is 920. The minimum Gasteiger partial charge on any atom is -0.349 e. The standard InChI is InChI=1S/C23H30N2O3S/c1-3-22(20-10-5-4-6-11-20)24-23(26)21-12-14-25(15-13-21)29(27,28)17-19-9-7-8-18(2)16-19/h4-11,16,21-22H,3,12-15,17H2,1-2H3,(H,24,26). The van der Waals surface area contributed by atoms with Crippen LogP contribution in [0.25, 0.3) is 0 Å². The van der Waals surface area contributed by atoms with Crippen LogP contribution in [0, 0.1) is 12.8 Å². The summed E-state index contributed by atoms with van der Waals surface area (Å²) in [4.78, 5) is 12.7. The molecular weight excluding hydrogens is 384 g/mol. The van der Waals surface area contributed by atoms with E-state index in [1.54, 1.807) is 0 Å². The number of hydrogen-bond acceptors (Lipinski definition) is 3. The quantitative estimate of drug-likeness (QED) is 0.749. The van der Waals surface area contributed by atoms with Gasteiger partial charge in [0.1, 0.15) is 0 Å². The van der Waals surface area contributed by atoms with Gasteiger partial charge in [0.2, 0.25) is 15.9 Å². The number of nitrogens with zero attached hydrogens (tertiary/aromatic N) is 1. The predicted molar refractivity (Wildman–Crippen MR) is 116 cm³/mol. The summed E-state index contributed by atoms with van der Waals surface area (Å²) in [7, 11) is -3.37. The summed E-state index contributed by atoms with van der Waals surface area (Å²) in [5, 5.41) is 3.15. The Hall–Kier alpha value is -2.18. The third-order valence-corrected chi connectivity index (χ3v) is 7.43. The van der Waals surface area contributed by atoms with Crippen molar-refractivity contribution in [3.05, 3.63) is 71.3 Å². The van der Waals surface area contributed by atoms with Crippen LogP contribution in [0.2, 0.25) is 0 Å². The Labute approximate surface area is 174 Å². The van der Waals surface area contributed by atoms with E-state index >= 15 is 0 Å². The van der Waals surface area contributed by atoms with Crippen LogP contribution in [-0.4, -0.2) is 31.7 Å². The molecule has 1 fully saturated rings. The fraction of sp³-hybridized carbons (Fsp3) is 0.435. The van der Waals surface area contributed by atoms with Crippen LogP contribution in [0.4, 0.5) is 0 Å². The number of benzene rings is 2. The summed E-state index contributed by atoms with van der Waals surface area (Å²) in [6, 6.07) is 17.5. The molecule has 1 unspecified atom stereocenters. The Morgan fingerprint density at radius 2 is 1.79 bits per heavy atom. The van der Waals surface area contributed by atoms with Crippen LogP contribution in [0.3, 0.4) is 0 Å². The SMILES string of the molecule is CCC(NC(=O)C1CCN(S(=O)(=O)Cc2cccc(C)c2)CC1)c1ccccc1. The third kappa shape index (κ3) is 5.67. The number of hydrogen-bond donors (Lipinski definition) is 1. The zero-order valence-corrected chi connectivity index (χ0v) is 18.0. The molecule has 1 atom stereocenters. The third-order valence-electron chi connectivity index (χ3n) is 5.58. The average Bonchev–Trinajstić information content (AvgIpc) is 2.72. The highest BCUT2D eigenvalue weighted by atomic mass is 32.2. The van der Waals surface area contributed by atoms with E-state index in [0.717, 1.165) is 23.1 Å². The number of nitrogens with one attached hydrogen (secondary N) is 1. The highest BCUT2D eigenvalue weighted by Crippen LogP contribution is 2.24. The summed E-state index contributed by atoms with van der Waals surface area (Å²) in [5.74, 6) is -0.105. The fourth-order valence-electron chi connectivity index (χ4n) is 3.90. The van der Waals surface area contributed by atoms with Gasteiger partial charge < -0.3 is 5.32 Å². The van der Waals surface area contributed by atoms with Crippen LogP contribution < -0.4 is 5.32 Å². The van der Waals surface area contributed by atoms with Crippen LogP contribution in [0.1, 0.15) is 48.9 Å². The molecule has 0 radical (unpaired) electrons. The fourth-order valence-corrected chi connectivity index (χ4v) is 5.45.